The number of carbonyl (C=O) groups excluding carboxylic acids is 1. The lowest BCUT2D eigenvalue weighted by Gasteiger charge is -2.30. The molecule has 1 aromatic rings. The zero-order valence-electron chi connectivity index (χ0n) is 17.0. The smallest absolute Gasteiger partial charge is 0.255 e. The Morgan fingerprint density at radius 1 is 1.32 bits per heavy atom. The molecule has 1 aromatic carbocycles. The zero-order chi connectivity index (χ0) is 20.3. The van der Waals surface area contributed by atoms with Gasteiger partial charge >= 0.3 is 0 Å². The van der Waals surface area contributed by atoms with E-state index in [9.17, 15) is 13.2 Å². The third-order valence-electron chi connectivity index (χ3n) is 5.60. The van der Waals surface area contributed by atoms with Gasteiger partial charge in [0.2, 0.25) is 0 Å². The molecule has 0 bridgehead atoms. The monoisotopic (exact) mass is 409 g/mol. The van der Waals surface area contributed by atoms with Crippen molar-refractivity contribution in [1.29, 1.82) is 0 Å². The molecule has 2 aliphatic rings. The zero-order valence-corrected chi connectivity index (χ0v) is 17.8. The van der Waals surface area contributed by atoms with E-state index in [1.54, 1.807) is 6.07 Å². The fraction of sp³-hybridized carbons (Fsp3) is 0.650. The maximum absolute atomic E-state index is 13.0. The van der Waals surface area contributed by atoms with Gasteiger partial charge in [-0.2, -0.15) is 0 Å². The number of benzene rings is 1. The molecule has 0 aliphatic carbocycles. The Hall–Kier alpha value is -1.80. The molecule has 1 fully saturated rings. The van der Waals surface area contributed by atoms with E-state index in [1.807, 2.05) is 11.9 Å². The van der Waals surface area contributed by atoms with Crippen LogP contribution in [0.15, 0.2) is 17.0 Å². The Balaban J connectivity index is 1.80. The normalized spacial score (nSPS) is 20.0. The minimum Gasteiger partial charge on any atom is -0.489 e. The number of amides is 1. The summed E-state index contributed by atoms with van der Waals surface area (Å²) in [6.07, 6.45) is 5.70. The molecule has 0 spiro atoms. The van der Waals surface area contributed by atoms with E-state index in [0.29, 0.717) is 42.7 Å². The van der Waals surface area contributed by atoms with Crippen molar-refractivity contribution in [1.82, 2.24) is 10.2 Å². The molecule has 156 valence electrons. The molecule has 0 aromatic heterocycles. The van der Waals surface area contributed by atoms with Crippen molar-refractivity contribution < 1.29 is 17.9 Å². The SMILES string of the molecule is CCCCN1CCCC1CNC(=O)c1cc(S(C)(=O)=O)cc2c1OCCN2C. The van der Waals surface area contributed by atoms with Crippen LogP contribution in [0.1, 0.15) is 43.0 Å². The number of ether oxygens (including phenoxy) is 1. The van der Waals surface area contributed by atoms with E-state index in [1.165, 1.54) is 6.07 Å². The van der Waals surface area contributed by atoms with Crippen LogP contribution in [-0.2, 0) is 9.84 Å². The van der Waals surface area contributed by atoms with Crippen molar-refractivity contribution >= 4 is 21.4 Å². The first kappa shape index (κ1) is 20.9. The van der Waals surface area contributed by atoms with Crippen LogP contribution in [0.5, 0.6) is 5.75 Å². The molecule has 2 aliphatic heterocycles. The van der Waals surface area contributed by atoms with Crippen LogP contribution in [-0.4, -0.2) is 71.4 Å². The Labute approximate surface area is 167 Å². The number of nitrogens with one attached hydrogen (secondary N) is 1. The van der Waals surface area contributed by atoms with Crippen LogP contribution >= 0.6 is 0 Å². The quantitative estimate of drug-likeness (QED) is 0.741. The number of rotatable bonds is 7. The summed E-state index contributed by atoms with van der Waals surface area (Å²) in [5, 5.41) is 3.02. The molecule has 2 heterocycles. The molecule has 28 heavy (non-hydrogen) atoms. The number of carbonyl (C=O) groups is 1. The van der Waals surface area contributed by atoms with Crippen molar-refractivity contribution in [3.05, 3.63) is 17.7 Å². The van der Waals surface area contributed by atoms with Crippen molar-refractivity contribution in [3.8, 4) is 5.75 Å². The molecule has 1 amide bonds. The first-order valence-corrected chi connectivity index (χ1v) is 11.9. The van der Waals surface area contributed by atoms with E-state index in [-0.39, 0.29) is 10.8 Å². The summed E-state index contributed by atoms with van der Waals surface area (Å²) in [4.78, 5) is 17.5. The lowest BCUT2D eigenvalue weighted by Crippen LogP contribution is -2.41. The molecule has 1 N–H and O–H groups in total. The summed E-state index contributed by atoms with van der Waals surface area (Å²) in [6, 6.07) is 3.36. The maximum Gasteiger partial charge on any atom is 0.255 e. The lowest BCUT2D eigenvalue weighted by atomic mass is 10.1. The van der Waals surface area contributed by atoms with Gasteiger partial charge < -0.3 is 15.0 Å². The summed E-state index contributed by atoms with van der Waals surface area (Å²) in [5.41, 5.74) is 0.937. The Morgan fingerprint density at radius 3 is 2.82 bits per heavy atom. The van der Waals surface area contributed by atoms with Gasteiger partial charge in [-0.3, -0.25) is 9.69 Å². The fourth-order valence-corrected chi connectivity index (χ4v) is 4.56. The molecule has 3 rings (SSSR count). The number of anilines is 1. The van der Waals surface area contributed by atoms with E-state index < -0.39 is 9.84 Å². The van der Waals surface area contributed by atoms with Crippen molar-refractivity contribution in [2.24, 2.45) is 0 Å². The van der Waals surface area contributed by atoms with E-state index >= 15 is 0 Å². The molecule has 1 unspecified atom stereocenters. The highest BCUT2D eigenvalue weighted by Crippen LogP contribution is 2.37. The first-order chi connectivity index (χ1) is 13.3. The van der Waals surface area contributed by atoms with Crippen molar-refractivity contribution in [3.63, 3.8) is 0 Å². The number of sulfone groups is 1. The molecule has 8 heteroatoms. The predicted octanol–water partition coefficient (Wildman–Crippen LogP) is 1.91. The third kappa shape index (κ3) is 4.60. The van der Waals surface area contributed by atoms with Crippen molar-refractivity contribution in [2.45, 2.75) is 43.5 Å². The highest BCUT2D eigenvalue weighted by molar-refractivity contribution is 7.90. The van der Waals surface area contributed by atoms with Crippen LogP contribution in [0.2, 0.25) is 0 Å². The van der Waals surface area contributed by atoms with Crippen LogP contribution in [0.25, 0.3) is 0 Å². The fourth-order valence-electron chi connectivity index (χ4n) is 3.90. The average Bonchev–Trinajstić information content (AvgIpc) is 3.10. The van der Waals surface area contributed by atoms with Gasteiger partial charge in [-0.25, -0.2) is 8.42 Å². The standard InChI is InChI=1S/C20H31N3O4S/c1-4-5-8-23-9-6-7-15(23)14-21-20(24)17-12-16(28(3,25)26)13-18-19(17)27-11-10-22(18)2/h12-13,15H,4-11,14H2,1-3H3,(H,21,24). The van der Waals surface area contributed by atoms with Gasteiger partial charge in [-0.1, -0.05) is 13.3 Å². The Kier molecular flexibility index (Phi) is 6.50. The second-order valence-electron chi connectivity index (χ2n) is 7.76. The molecule has 1 atom stereocenters. The van der Waals surface area contributed by atoms with Crippen LogP contribution in [0.3, 0.4) is 0 Å². The second-order valence-corrected chi connectivity index (χ2v) is 9.77. The number of likely N-dealkylation sites (N-methyl/N-ethyl adjacent to an activating group) is 1. The highest BCUT2D eigenvalue weighted by atomic mass is 32.2. The van der Waals surface area contributed by atoms with Crippen LogP contribution in [0, 0.1) is 0 Å². The second kappa shape index (κ2) is 8.69. The van der Waals surface area contributed by atoms with Gasteiger partial charge in [0.1, 0.15) is 6.61 Å². The van der Waals surface area contributed by atoms with Gasteiger partial charge in [0.15, 0.2) is 15.6 Å². The Morgan fingerprint density at radius 2 is 2.11 bits per heavy atom. The largest absolute Gasteiger partial charge is 0.489 e. The molecule has 7 nitrogen and oxygen atoms in total. The topological polar surface area (TPSA) is 79.0 Å². The Bertz CT molecular complexity index is 825. The highest BCUT2D eigenvalue weighted by Gasteiger charge is 2.28. The number of nitrogens with zero attached hydrogens (tertiary/aromatic N) is 2. The van der Waals surface area contributed by atoms with E-state index in [0.717, 1.165) is 45.0 Å². The number of hydrogen-bond donors (Lipinski definition) is 1. The summed E-state index contributed by atoms with van der Waals surface area (Å²) in [6.45, 7) is 6.00. The van der Waals surface area contributed by atoms with Gasteiger partial charge in [0, 0.05) is 25.9 Å². The minimum absolute atomic E-state index is 0.138. The minimum atomic E-state index is -3.44. The third-order valence-corrected chi connectivity index (χ3v) is 6.69. The average molecular weight is 410 g/mol. The molecule has 0 radical (unpaired) electrons. The summed E-state index contributed by atoms with van der Waals surface area (Å²) in [5.74, 6) is 0.187. The molecule has 0 saturated carbocycles. The van der Waals surface area contributed by atoms with E-state index in [2.05, 4.69) is 17.1 Å². The van der Waals surface area contributed by atoms with Gasteiger partial charge in [-0.05, 0) is 44.5 Å². The van der Waals surface area contributed by atoms with Crippen LogP contribution < -0.4 is 15.0 Å². The molecular formula is C20H31N3O4S. The summed E-state index contributed by atoms with van der Waals surface area (Å²) < 4.78 is 30.0. The van der Waals surface area contributed by atoms with Crippen molar-refractivity contribution in [2.75, 3.05) is 51.0 Å². The number of likely N-dealkylation sites (tertiary alicyclic amines) is 1. The number of fused-ring (bicyclic) bond motifs is 1. The predicted molar refractivity (Wildman–Crippen MR) is 110 cm³/mol. The van der Waals surface area contributed by atoms with Crippen LogP contribution in [0.4, 0.5) is 5.69 Å². The van der Waals surface area contributed by atoms with Gasteiger partial charge in [0.25, 0.3) is 5.91 Å². The molecular weight excluding hydrogens is 378 g/mol. The lowest BCUT2D eigenvalue weighted by molar-refractivity contribution is 0.0936. The van der Waals surface area contributed by atoms with E-state index in [4.69, 9.17) is 4.74 Å². The summed E-state index contributed by atoms with van der Waals surface area (Å²) >= 11 is 0. The first-order valence-electron chi connectivity index (χ1n) is 10.1. The maximum atomic E-state index is 13.0. The summed E-state index contributed by atoms with van der Waals surface area (Å²) in [7, 11) is -1.56. The number of unbranched alkanes of at least 4 members (excludes halogenated alkanes) is 1. The van der Waals surface area contributed by atoms with Gasteiger partial charge in [-0.15, -0.1) is 0 Å². The number of hydrogen-bond acceptors (Lipinski definition) is 6. The van der Waals surface area contributed by atoms with Gasteiger partial charge in [0.05, 0.1) is 22.7 Å². The molecule has 1 saturated heterocycles.